The maximum absolute atomic E-state index is 13.8. The molecule has 0 bridgehead atoms. The van der Waals surface area contributed by atoms with Crippen LogP contribution in [-0.2, 0) is 27.3 Å². The summed E-state index contributed by atoms with van der Waals surface area (Å²) in [6, 6.07) is 17.4. The van der Waals surface area contributed by atoms with E-state index >= 15 is 0 Å². The minimum Gasteiger partial charge on any atom is -0.465 e. The zero-order chi connectivity index (χ0) is 26.5. The molecule has 37 heavy (non-hydrogen) atoms. The molecule has 4 rings (SSSR count). The van der Waals surface area contributed by atoms with E-state index < -0.39 is 48.3 Å². The number of hydrogen-bond acceptors (Lipinski definition) is 6. The van der Waals surface area contributed by atoms with Crippen molar-refractivity contribution in [1.29, 1.82) is 0 Å². The molecule has 0 aromatic heterocycles. The van der Waals surface area contributed by atoms with Gasteiger partial charge in [0.2, 0.25) is 5.91 Å². The summed E-state index contributed by atoms with van der Waals surface area (Å²) in [6.07, 6.45) is -3.34. The van der Waals surface area contributed by atoms with E-state index in [2.05, 4.69) is 0 Å². The zero-order valence-electron chi connectivity index (χ0n) is 21.1. The molecule has 9 nitrogen and oxygen atoms in total. The third-order valence-corrected chi connectivity index (χ3v) is 7.21. The molecule has 2 aliphatic rings. The number of amides is 3. The monoisotopic (exact) mass is 510 g/mol. The average molecular weight is 511 g/mol. The SMILES string of the molecule is CC(C)[C@H]1COC(=O)N1C(=O)[C@@H](Cc1ccccc1)[C@H](O)C1CC(OCc2ccccc2)CN1C(=O)O. The van der Waals surface area contributed by atoms with E-state index in [0.717, 1.165) is 20.9 Å². The fourth-order valence-corrected chi connectivity index (χ4v) is 5.13. The molecule has 0 aliphatic carbocycles. The van der Waals surface area contributed by atoms with Gasteiger partial charge >= 0.3 is 12.2 Å². The van der Waals surface area contributed by atoms with Crippen molar-refractivity contribution in [2.45, 2.75) is 57.6 Å². The number of imide groups is 1. The number of carboxylic acid groups (broad SMARTS) is 1. The molecule has 2 saturated heterocycles. The van der Waals surface area contributed by atoms with Gasteiger partial charge in [0.05, 0.1) is 43.4 Å². The third-order valence-electron chi connectivity index (χ3n) is 7.21. The highest BCUT2D eigenvalue weighted by molar-refractivity contribution is 5.95. The quantitative estimate of drug-likeness (QED) is 0.530. The van der Waals surface area contributed by atoms with Gasteiger partial charge in [-0.15, -0.1) is 0 Å². The fraction of sp³-hybridized carbons (Fsp3) is 0.464. The highest BCUT2D eigenvalue weighted by atomic mass is 16.6. The first-order valence-electron chi connectivity index (χ1n) is 12.6. The van der Waals surface area contributed by atoms with Crippen molar-refractivity contribution in [1.82, 2.24) is 9.80 Å². The molecule has 198 valence electrons. The van der Waals surface area contributed by atoms with Crippen LogP contribution in [0.2, 0.25) is 0 Å². The van der Waals surface area contributed by atoms with Gasteiger partial charge in [-0.25, -0.2) is 14.5 Å². The van der Waals surface area contributed by atoms with Crippen molar-refractivity contribution in [3.8, 4) is 0 Å². The van der Waals surface area contributed by atoms with Crippen LogP contribution >= 0.6 is 0 Å². The predicted octanol–water partition coefficient (Wildman–Crippen LogP) is 3.55. The Morgan fingerprint density at radius 1 is 1.03 bits per heavy atom. The average Bonchev–Trinajstić information content (AvgIpc) is 3.50. The van der Waals surface area contributed by atoms with Gasteiger partial charge in [0.25, 0.3) is 0 Å². The molecule has 3 amide bonds. The van der Waals surface area contributed by atoms with E-state index in [1.54, 1.807) is 0 Å². The number of hydrogen-bond donors (Lipinski definition) is 2. The molecular weight excluding hydrogens is 476 g/mol. The molecule has 2 N–H and O–H groups in total. The van der Waals surface area contributed by atoms with Crippen LogP contribution < -0.4 is 0 Å². The van der Waals surface area contributed by atoms with Crippen molar-refractivity contribution in [3.63, 3.8) is 0 Å². The summed E-state index contributed by atoms with van der Waals surface area (Å²) in [7, 11) is 0. The van der Waals surface area contributed by atoms with Crippen LogP contribution in [0.25, 0.3) is 0 Å². The number of aliphatic hydroxyl groups is 1. The highest BCUT2D eigenvalue weighted by Crippen LogP contribution is 2.31. The van der Waals surface area contributed by atoms with Gasteiger partial charge in [0.15, 0.2) is 0 Å². The Morgan fingerprint density at radius 3 is 2.24 bits per heavy atom. The fourth-order valence-electron chi connectivity index (χ4n) is 5.13. The summed E-state index contributed by atoms with van der Waals surface area (Å²) in [4.78, 5) is 40.7. The van der Waals surface area contributed by atoms with Crippen LogP contribution in [0.1, 0.15) is 31.4 Å². The molecular formula is C28H34N2O7. The van der Waals surface area contributed by atoms with E-state index in [1.165, 1.54) is 0 Å². The van der Waals surface area contributed by atoms with Crippen LogP contribution in [-0.4, -0.2) is 75.5 Å². The number of aliphatic hydroxyl groups excluding tert-OH is 1. The van der Waals surface area contributed by atoms with Crippen LogP contribution in [0, 0.1) is 11.8 Å². The molecule has 2 aliphatic heterocycles. The molecule has 2 unspecified atom stereocenters. The number of cyclic esters (lactones) is 1. The van der Waals surface area contributed by atoms with Crippen molar-refractivity contribution in [2.75, 3.05) is 13.2 Å². The summed E-state index contributed by atoms with van der Waals surface area (Å²) in [6.45, 7) is 4.28. The minimum atomic E-state index is -1.35. The number of likely N-dealkylation sites (tertiary alicyclic amines) is 1. The third kappa shape index (κ3) is 6.11. The van der Waals surface area contributed by atoms with E-state index in [9.17, 15) is 24.6 Å². The lowest BCUT2D eigenvalue weighted by molar-refractivity contribution is -0.139. The lowest BCUT2D eigenvalue weighted by Gasteiger charge is -2.34. The van der Waals surface area contributed by atoms with Crippen LogP contribution in [0.3, 0.4) is 0 Å². The first-order valence-corrected chi connectivity index (χ1v) is 12.6. The second-order valence-electron chi connectivity index (χ2n) is 10.0. The highest BCUT2D eigenvalue weighted by Gasteiger charge is 2.48. The lowest BCUT2D eigenvalue weighted by atomic mass is 9.87. The second kappa shape index (κ2) is 11.7. The molecule has 9 heteroatoms. The maximum atomic E-state index is 13.8. The van der Waals surface area contributed by atoms with Gasteiger partial charge in [0.1, 0.15) is 6.61 Å². The Labute approximate surface area is 216 Å². The van der Waals surface area contributed by atoms with Crippen molar-refractivity contribution >= 4 is 18.1 Å². The Bertz CT molecular complexity index is 1080. The van der Waals surface area contributed by atoms with Gasteiger partial charge in [-0.05, 0) is 29.9 Å². The molecule has 5 atom stereocenters. The Kier molecular flexibility index (Phi) is 8.45. The number of carbonyl (C=O) groups excluding carboxylic acids is 2. The van der Waals surface area contributed by atoms with Gasteiger partial charge in [0, 0.05) is 0 Å². The number of benzene rings is 2. The summed E-state index contributed by atoms with van der Waals surface area (Å²) >= 11 is 0. The van der Waals surface area contributed by atoms with Crippen LogP contribution in [0.5, 0.6) is 0 Å². The van der Waals surface area contributed by atoms with E-state index in [-0.39, 0.29) is 31.9 Å². The topological polar surface area (TPSA) is 117 Å². The number of rotatable bonds is 9. The summed E-state index contributed by atoms with van der Waals surface area (Å²) in [5, 5.41) is 21.5. The molecule has 0 radical (unpaired) electrons. The standard InChI is InChI=1S/C28H34N2O7/c1-18(2)24-17-37-28(35)30(24)26(32)22(13-19-9-5-3-6-10-19)25(31)23-14-21(15-29(23)27(33)34)36-16-20-11-7-4-8-12-20/h3-12,18,21-25,31H,13-17H2,1-2H3,(H,33,34)/t21?,22-,23?,24+,25-/m0/s1. The normalized spacial score (nSPS) is 23.2. The number of nitrogens with zero attached hydrogens (tertiary/aromatic N) is 2. The smallest absolute Gasteiger partial charge is 0.416 e. The molecule has 0 saturated carbocycles. The largest absolute Gasteiger partial charge is 0.465 e. The van der Waals surface area contributed by atoms with Crippen molar-refractivity contribution < 1.29 is 34.1 Å². The first-order chi connectivity index (χ1) is 17.8. The van der Waals surface area contributed by atoms with Gasteiger partial charge in [-0.3, -0.25) is 4.79 Å². The first kappa shape index (κ1) is 26.6. The minimum absolute atomic E-state index is 0.0392. The van der Waals surface area contributed by atoms with Gasteiger partial charge < -0.3 is 24.6 Å². The maximum Gasteiger partial charge on any atom is 0.416 e. The molecule has 2 aromatic rings. The van der Waals surface area contributed by atoms with E-state index in [0.29, 0.717) is 6.61 Å². The number of ether oxygens (including phenoxy) is 2. The van der Waals surface area contributed by atoms with Gasteiger partial charge in [-0.2, -0.15) is 0 Å². The molecule has 2 aromatic carbocycles. The van der Waals surface area contributed by atoms with Crippen LogP contribution in [0.15, 0.2) is 60.7 Å². The number of carbonyl (C=O) groups is 3. The zero-order valence-corrected chi connectivity index (χ0v) is 21.1. The summed E-state index contributed by atoms with van der Waals surface area (Å²) < 4.78 is 11.2. The second-order valence-corrected chi connectivity index (χ2v) is 10.0. The molecule has 2 heterocycles. The summed E-state index contributed by atoms with van der Waals surface area (Å²) in [5.41, 5.74) is 1.75. The lowest BCUT2D eigenvalue weighted by Crippen LogP contribution is -2.53. The van der Waals surface area contributed by atoms with Crippen LogP contribution in [0.4, 0.5) is 9.59 Å². The Hall–Kier alpha value is -3.43. The Balaban J connectivity index is 1.57. The van der Waals surface area contributed by atoms with E-state index in [1.807, 2.05) is 74.5 Å². The van der Waals surface area contributed by atoms with Crippen molar-refractivity contribution in [3.05, 3.63) is 71.8 Å². The van der Waals surface area contributed by atoms with Gasteiger partial charge in [-0.1, -0.05) is 74.5 Å². The van der Waals surface area contributed by atoms with Crippen molar-refractivity contribution in [2.24, 2.45) is 11.8 Å². The summed E-state index contributed by atoms with van der Waals surface area (Å²) in [5.74, 6) is -1.65. The molecule has 2 fully saturated rings. The molecule has 0 spiro atoms. The predicted molar refractivity (Wildman–Crippen MR) is 135 cm³/mol. The van der Waals surface area contributed by atoms with E-state index in [4.69, 9.17) is 9.47 Å². The Morgan fingerprint density at radius 2 is 1.65 bits per heavy atom.